The maximum Gasteiger partial charge on any atom is 0.308 e. The molecule has 1 aromatic rings. The molecule has 1 N–H and O–H groups in total. The van der Waals surface area contributed by atoms with Crippen LogP contribution in [0, 0.1) is 12.8 Å². The van der Waals surface area contributed by atoms with Crippen LogP contribution in [0.3, 0.4) is 0 Å². The van der Waals surface area contributed by atoms with E-state index in [-0.39, 0.29) is 12.0 Å². The Bertz CT molecular complexity index is 432. The van der Waals surface area contributed by atoms with Crippen molar-refractivity contribution in [1.29, 1.82) is 0 Å². The van der Waals surface area contributed by atoms with Gasteiger partial charge in [0.25, 0.3) is 0 Å². The van der Waals surface area contributed by atoms with Crippen LogP contribution in [-0.4, -0.2) is 40.9 Å². The molecule has 19 heavy (non-hydrogen) atoms. The lowest BCUT2D eigenvalue weighted by Gasteiger charge is -2.22. The van der Waals surface area contributed by atoms with E-state index in [0.717, 1.165) is 25.3 Å². The Hall–Kier alpha value is -1.00. The van der Waals surface area contributed by atoms with E-state index in [1.807, 2.05) is 18.7 Å². The van der Waals surface area contributed by atoms with Crippen molar-refractivity contribution in [1.82, 2.24) is 4.90 Å². The molecule has 0 saturated carbocycles. The van der Waals surface area contributed by atoms with Crippen molar-refractivity contribution in [2.75, 3.05) is 18.8 Å². The summed E-state index contributed by atoms with van der Waals surface area (Å²) in [6.07, 6.45) is 0.783. The van der Waals surface area contributed by atoms with E-state index in [9.17, 15) is 4.79 Å². The van der Waals surface area contributed by atoms with Gasteiger partial charge in [-0.1, -0.05) is 17.7 Å². The second-order valence-corrected chi connectivity index (χ2v) is 6.34. The lowest BCUT2D eigenvalue weighted by atomic mass is 10.0. The second kappa shape index (κ2) is 6.44. The minimum Gasteiger partial charge on any atom is -0.481 e. The SMILES string of the molecule is Cc1ccc(SCCN2CCC(C(=O)O)C2C)cc1. The molecule has 2 atom stereocenters. The highest BCUT2D eigenvalue weighted by Crippen LogP contribution is 2.25. The predicted octanol–water partition coefficient (Wildman–Crippen LogP) is 2.88. The molecule has 3 nitrogen and oxygen atoms in total. The minimum absolute atomic E-state index is 0.163. The number of carbonyl (C=O) groups is 1. The smallest absolute Gasteiger partial charge is 0.308 e. The first-order valence-corrected chi connectivity index (χ1v) is 7.73. The van der Waals surface area contributed by atoms with Gasteiger partial charge in [-0.15, -0.1) is 11.8 Å². The van der Waals surface area contributed by atoms with Crippen LogP contribution in [0.25, 0.3) is 0 Å². The van der Waals surface area contributed by atoms with Crippen LogP contribution < -0.4 is 0 Å². The van der Waals surface area contributed by atoms with Gasteiger partial charge < -0.3 is 5.11 Å². The Morgan fingerprint density at radius 2 is 2.11 bits per heavy atom. The summed E-state index contributed by atoms with van der Waals surface area (Å²) < 4.78 is 0. The number of carboxylic acids is 1. The maximum atomic E-state index is 11.1. The third-order valence-electron chi connectivity index (χ3n) is 3.87. The molecule has 1 aliphatic heterocycles. The van der Waals surface area contributed by atoms with Gasteiger partial charge in [-0.25, -0.2) is 0 Å². The van der Waals surface area contributed by atoms with Crippen LogP contribution >= 0.6 is 11.8 Å². The molecule has 1 saturated heterocycles. The van der Waals surface area contributed by atoms with E-state index >= 15 is 0 Å². The molecule has 0 aromatic heterocycles. The van der Waals surface area contributed by atoms with Crippen molar-refractivity contribution in [2.24, 2.45) is 5.92 Å². The molecular weight excluding hydrogens is 258 g/mol. The number of thioether (sulfide) groups is 1. The van der Waals surface area contributed by atoms with E-state index < -0.39 is 5.97 Å². The van der Waals surface area contributed by atoms with Crippen molar-refractivity contribution >= 4 is 17.7 Å². The monoisotopic (exact) mass is 279 g/mol. The van der Waals surface area contributed by atoms with Gasteiger partial charge in [0.15, 0.2) is 0 Å². The van der Waals surface area contributed by atoms with Crippen molar-refractivity contribution in [3.63, 3.8) is 0 Å². The summed E-state index contributed by atoms with van der Waals surface area (Å²) in [6.45, 7) is 5.99. The molecule has 0 amide bonds. The van der Waals surface area contributed by atoms with E-state index in [1.165, 1.54) is 10.5 Å². The number of hydrogen-bond donors (Lipinski definition) is 1. The first-order chi connectivity index (χ1) is 9.08. The van der Waals surface area contributed by atoms with Gasteiger partial charge in [-0.2, -0.15) is 0 Å². The van der Waals surface area contributed by atoms with Crippen LogP contribution in [0.15, 0.2) is 29.2 Å². The van der Waals surface area contributed by atoms with Gasteiger partial charge in [-0.05, 0) is 38.9 Å². The van der Waals surface area contributed by atoms with Gasteiger partial charge in [0.05, 0.1) is 5.92 Å². The van der Waals surface area contributed by atoms with Crippen molar-refractivity contribution < 1.29 is 9.90 Å². The molecule has 0 aliphatic carbocycles. The first-order valence-electron chi connectivity index (χ1n) is 6.74. The number of nitrogens with zero attached hydrogens (tertiary/aromatic N) is 1. The summed E-state index contributed by atoms with van der Waals surface area (Å²) in [5.74, 6) is 0.172. The van der Waals surface area contributed by atoms with E-state index in [4.69, 9.17) is 5.11 Å². The highest BCUT2D eigenvalue weighted by Gasteiger charge is 2.34. The third-order valence-corrected chi connectivity index (χ3v) is 4.86. The summed E-state index contributed by atoms with van der Waals surface area (Å²) in [5, 5.41) is 9.10. The Kier molecular flexibility index (Phi) is 4.88. The molecule has 1 aromatic carbocycles. The van der Waals surface area contributed by atoms with Crippen molar-refractivity contribution in [3.05, 3.63) is 29.8 Å². The van der Waals surface area contributed by atoms with Crippen molar-refractivity contribution in [2.45, 2.75) is 31.2 Å². The molecule has 1 heterocycles. The Labute approximate surface area is 119 Å². The highest BCUT2D eigenvalue weighted by atomic mass is 32.2. The third kappa shape index (κ3) is 3.74. The standard InChI is InChI=1S/C15H21NO2S/c1-11-3-5-13(6-4-11)19-10-9-16-8-7-14(12(16)2)15(17)18/h3-6,12,14H,7-10H2,1-2H3,(H,17,18). The average molecular weight is 279 g/mol. The zero-order valence-corrected chi connectivity index (χ0v) is 12.3. The number of rotatable bonds is 5. The number of likely N-dealkylation sites (tertiary alicyclic amines) is 1. The zero-order valence-electron chi connectivity index (χ0n) is 11.5. The van der Waals surface area contributed by atoms with Gasteiger partial charge in [0, 0.05) is 23.2 Å². The van der Waals surface area contributed by atoms with Crippen LogP contribution in [0.1, 0.15) is 18.9 Å². The van der Waals surface area contributed by atoms with E-state index in [2.05, 4.69) is 36.1 Å². The largest absolute Gasteiger partial charge is 0.481 e. The van der Waals surface area contributed by atoms with E-state index in [1.54, 1.807) is 0 Å². The predicted molar refractivity (Wildman–Crippen MR) is 78.7 cm³/mol. The fourth-order valence-electron chi connectivity index (χ4n) is 2.56. The first kappa shape index (κ1) is 14.4. The Morgan fingerprint density at radius 1 is 1.42 bits per heavy atom. The van der Waals surface area contributed by atoms with Gasteiger partial charge >= 0.3 is 5.97 Å². The number of aryl methyl sites for hydroxylation is 1. The molecule has 2 unspecified atom stereocenters. The lowest BCUT2D eigenvalue weighted by Crippen LogP contribution is -2.34. The fraction of sp³-hybridized carbons (Fsp3) is 0.533. The Morgan fingerprint density at radius 3 is 2.68 bits per heavy atom. The minimum atomic E-state index is -0.652. The normalized spacial score (nSPS) is 23.7. The molecule has 4 heteroatoms. The topological polar surface area (TPSA) is 40.5 Å². The summed E-state index contributed by atoms with van der Waals surface area (Å²) in [7, 11) is 0. The van der Waals surface area contributed by atoms with E-state index in [0.29, 0.717) is 0 Å². The van der Waals surface area contributed by atoms with Crippen LogP contribution in [0.4, 0.5) is 0 Å². The molecule has 104 valence electrons. The average Bonchev–Trinajstić information content (AvgIpc) is 2.74. The molecule has 1 fully saturated rings. The molecule has 1 aliphatic rings. The summed E-state index contributed by atoms with van der Waals surface area (Å²) >= 11 is 1.84. The molecule has 0 spiro atoms. The summed E-state index contributed by atoms with van der Waals surface area (Å²) in [4.78, 5) is 14.6. The molecular formula is C15H21NO2S. The zero-order chi connectivity index (χ0) is 13.8. The number of aliphatic carboxylic acids is 1. The molecule has 0 radical (unpaired) electrons. The number of carboxylic acid groups (broad SMARTS) is 1. The highest BCUT2D eigenvalue weighted by molar-refractivity contribution is 7.99. The second-order valence-electron chi connectivity index (χ2n) is 5.17. The molecule has 2 rings (SSSR count). The van der Waals surface area contributed by atoms with Crippen LogP contribution in [-0.2, 0) is 4.79 Å². The lowest BCUT2D eigenvalue weighted by molar-refractivity contribution is -0.142. The maximum absolute atomic E-state index is 11.1. The van der Waals surface area contributed by atoms with Gasteiger partial charge in [-0.3, -0.25) is 9.69 Å². The summed E-state index contributed by atoms with van der Waals surface area (Å²) in [5.41, 5.74) is 1.28. The fourth-order valence-corrected chi connectivity index (χ4v) is 3.45. The molecule has 0 bridgehead atoms. The number of benzene rings is 1. The van der Waals surface area contributed by atoms with Crippen LogP contribution in [0.2, 0.25) is 0 Å². The van der Waals surface area contributed by atoms with Crippen molar-refractivity contribution in [3.8, 4) is 0 Å². The summed E-state index contributed by atoms with van der Waals surface area (Å²) in [6, 6.07) is 8.71. The quantitative estimate of drug-likeness (QED) is 0.841. The van der Waals surface area contributed by atoms with Gasteiger partial charge in [0.1, 0.15) is 0 Å². The Balaban J connectivity index is 1.77. The van der Waals surface area contributed by atoms with Crippen LogP contribution in [0.5, 0.6) is 0 Å². The number of hydrogen-bond acceptors (Lipinski definition) is 3. The van der Waals surface area contributed by atoms with Gasteiger partial charge in [0.2, 0.25) is 0 Å².